The second-order valence-electron chi connectivity index (χ2n) is 5.34. The summed E-state index contributed by atoms with van der Waals surface area (Å²) < 4.78 is 10.6. The molecular formula is C17H15N3O5S. The van der Waals surface area contributed by atoms with Crippen molar-refractivity contribution in [2.45, 2.75) is 13.5 Å². The van der Waals surface area contributed by atoms with Crippen LogP contribution in [-0.4, -0.2) is 22.9 Å². The van der Waals surface area contributed by atoms with Crippen molar-refractivity contribution in [3.05, 3.63) is 62.2 Å². The van der Waals surface area contributed by atoms with Crippen LogP contribution < -0.4 is 10.1 Å². The van der Waals surface area contributed by atoms with Crippen LogP contribution in [0.25, 0.3) is 11.5 Å². The molecule has 0 radical (unpaired) electrons. The number of nitro groups is 1. The van der Waals surface area contributed by atoms with Crippen molar-refractivity contribution in [2.75, 3.05) is 7.11 Å². The monoisotopic (exact) mass is 373 g/mol. The van der Waals surface area contributed by atoms with Gasteiger partial charge in [0.25, 0.3) is 5.91 Å². The highest BCUT2D eigenvalue weighted by Gasteiger charge is 2.18. The highest BCUT2D eigenvalue weighted by atomic mass is 32.1. The number of methoxy groups -OCH3 is 1. The number of amides is 1. The van der Waals surface area contributed by atoms with Crippen molar-refractivity contribution in [1.82, 2.24) is 10.3 Å². The first kappa shape index (κ1) is 17.6. The van der Waals surface area contributed by atoms with E-state index in [0.717, 1.165) is 10.7 Å². The molecule has 9 heteroatoms. The van der Waals surface area contributed by atoms with Crippen LogP contribution in [0.15, 0.2) is 40.1 Å². The van der Waals surface area contributed by atoms with Gasteiger partial charge in [-0.1, -0.05) is 0 Å². The normalized spacial score (nSPS) is 10.5. The van der Waals surface area contributed by atoms with Gasteiger partial charge in [0.15, 0.2) is 11.5 Å². The van der Waals surface area contributed by atoms with Gasteiger partial charge in [0.1, 0.15) is 11.5 Å². The molecule has 0 aliphatic rings. The van der Waals surface area contributed by atoms with E-state index >= 15 is 0 Å². The number of hydrogen-bond donors (Lipinski definition) is 1. The molecule has 2 heterocycles. The maximum atomic E-state index is 12.2. The van der Waals surface area contributed by atoms with Crippen LogP contribution >= 0.6 is 11.3 Å². The molecule has 8 nitrogen and oxygen atoms in total. The quantitative estimate of drug-likeness (QED) is 0.523. The SMILES string of the molecule is COc1ccc(C(=O)NCc2ccc(-c3csc(C)n3)o2)cc1[N+](=O)[O-]. The van der Waals surface area contributed by atoms with E-state index in [-0.39, 0.29) is 23.5 Å². The second kappa shape index (κ2) is 7.36. The number of nitrogens with zero attached hydrogens (tertiary/aromatic N) is 2. The molecule has 3 rings (SSSR count). The maximum Gasteiger partial charge on any atom is 0.311 e. The number of aryl methyl sites for hydroxylation is 1. The summed E-state index contributed by atoms with van der Waals surface area (Å²) in [5.41, 5.74) is 0.648. The summed E-state index contributed by atoms with van der Waals surface area (Å²) in [6.45, 7) is 2.06. The van der Waals surface area contributed by atoms with Gasteiger partial charge in [0.05, 0.1) is 23.6 Å². The van der Waals surface area contributed by atoms with Crippen LogP contribution in [0.1, 0.15) is 21.1 Å². The Hall–Kier alpha value is -3.20. The fraction of sp³-hybridized carbons (Fsp3) is 0.176. The minimum Gasteiger partial charge on any atom is -0.490 e. The van der Waals surface area contributed by atoms with E-state index in [0.29, 0.717) is 11.5 Å². The van der Waals surface area contributed by atoms with Gasteiger partial charge in [0, 0.05) is 17.0 Å². The molecule has 1 N–H and O–H groups in total. The molecule has 1 amide bonds. The molecule has 2 aromatic heterocycles. The third-order valence-electron chi connectivity index (χ3n) is 3.59. The van der Waals surface area contributed by atoms with E-state index in [1.54, 1.807) is 12.1 Å². The topological polar surface area (TPSA) is 108 Å². The summed E-state index contributed by atoms with van der Waals surface area (Å²) in [6, 6.07) is 7.57. The summed E-state index contributed by atoms with van der Waals surface area (Å²) >= 11 is 1.52. The lowest BCUT2D eigenvalue weighted by atomic mass is 10.1. The standard InChI is InChI=1S/C17H15N3O5S/c1-10-19-13(9-26-10)15-6-4-12(25-15)8-18-17(21)11-3-5-16(24-2)14(7-11)20(22)23/h3-7,9H,8H2,1-2H3,(H,18,21). The minimum atomic E-state index is -0.593. The van der Waals surface area contributed by atoms with Crippen molar-refractivity contribution in [1.29, 1.82) is 0 Å². The molecule has 3 aromatic rings. The molecule has 0 spiro atoms. The molecular weight excluding hydrogens is 358 g/mol. The molecule has 0 atom stereocenters. The van der Waals surface area contributed by atoms with E-state index in [1.165, 1.54) is 36.6 Å². The number of furan rings is 1. The zero-order chi connectivity index (χ0) is 18.7. The Kier molecular flexibility index (Phi) is 4.99. The average Bonchev–Trinajstić information content (AvgIpc) is 3.27. The molecule has 0 aliphatic heterocycles. The van der Waals surface area contributed by atoms with Crippen LogP contribution in [0.3, 0.4) is 0 Å². The molecule has 26 heavy (non-hydrogen) atoms. The fourth-order valence-electron chi connectivity index (χ4n) is 2.33. The van der Waals surface area contributed by atoms with E-state index in [4.69, 9.17) is 9.15 Å². The number of carbonyl (C=O) groups is 1. The molecule has 134 valence electrons. The van der Waals surface area contributed by atoms with Gasteiger partial charge in [-0.3, -0.25) is 14.9 Å². The predicted octanol–water partition coefficient (Wildman–Crippen LogP) is 3.56. The van der Waals surface area contributed by atoms with Gasteiger partial charge >= 0.3 is 5.69 Å². The van der Waals surface area contributed by atoms with E-state index in [9.17, 15) is 14.9 Å². The molecule has 0 saturated heterocycles. The lowest BCUT2D eigenvalue weighted by Crippen LogP contribution is -2.22. The summed E-state index contributed by atoms with van der Waals surface area (Å²) in [4.78, 5) is 27.0. The first-order valence-corrected chi connectivity index (χ1v) is 8.47. The van der Waals surface area contributed by atoms with Crippen molar-refractivity contribution in [3.63, 3.8) is 0 Å². The van der Waals surface area contributed by atoms with Gasteiger partial charge in [-0.2, -0.15) is 0 Å². The summed E-state index contributed by atoms with van der Waals surface area (Å²) in [7, 11) is 1.33. The van der Waals surface area contributed by atoms with E-state index in [1.807, 2.05) is 12.3 Å². The summed E-state index contributed by atoms with van der Waals surface area (Å²) in [5.74, 6) is 0.833. The van der Waals surface area contributed by atoms with Gasteiger partial charge in [-0.25, -0.2) is 4.98 Å². The summed E-state index contributed by atoms with van der Waals surface area (Å²) in [6.07, 6.45) is 0. The molecule has 0 aliphatic carbocycles. The molecule has 0 saturated carbocycles. The van der Waals surface area contributed by atoms with Gasteiger partial charge in [0.2, 0.25) is 0 Å². The number of aromatic nitrogens is 1. The number of carbonyl (C=O) groups excluding carboxylic acids is 1. The number of benzene rings is 1. The zero-order valence-corrected chi connectivity index (χ0v) is 14.8. The third kappa shape index (κ3) is 3.72. The van der Waals surface area contributed by atoms with Crippen LogP contribution in [0.4, 0.5) is 5.69 Å². The largest absolute Gasteiger partial charge is 0.490 e. The van der Waals surface area contributed by atoms with Crippen LogP contribution in [-0.2, 0) is 6.54 Å². The predicted molar refractivity (Wildman–Crippen MR) is 95.4 cm³/mol. The van der Waals surface area contributed by atoms with Crippen molar-refractivity contribution in [3.8, 4) is 17.2 Å². The van der Waals surface area contributed by atoms with Gasteiger partial charge in [-0.05, 0) is 31.2 Å². The number of nitro benzene ring substituents is 1. The Morgan fingerprint density at radius 1 is 1.38 bits per heavy atom. The zero-order valence-electron chi connectivity index (χ0n) is 14.0. The first-order valence-electron chi connectivity index (χ1n) is 7.60. The smallest absolute Gasteiger partial charge is 0.311 e. The fourth-order valence-corrected chi connectivity index (χ4v) is 2.93. The van der Waals surface area contributed by atoms with Crippen LogP contribution in [0.2, 0.25) is 0 Å². The van der Waals surface area contributed by atoms with E-state index < -0.39 is 10.8 Å². The molecule has 1 aromatic carbocycles. The Bertz CT molecular complexity index is 963. The Morgan fingerprint density at radius 2 is 2.19 bits per heavy atom. The average molecular weight is 373 g/mol. The van der Waals surface area contributed by atoms with Gasteiger partial charge in [-0.15, -0.1) is 11.3 Å². The Morgan fingerprint density at radius 3 is 2.85 bits per heavy atom. The van der Waals surface area contributed by atoms with E-state index in [2.05, 4.69) is 10.3 Å². The molecule has 0 fully saturated rings. The Balaban J connectivity index is 1.68. The minimum absolute atomic E-state index is 0.0979. The number of nitrogens with one attached hydrogen (secondary N) is 1. The van der Waals surface area contributed by atoms with Crippen molar-refractivity contribution < 1.29 is 18.9 Å². The van der Waals surface area contributed by atoms with Crippen LogP contribution in [0.5, 0.6) is 5.75 Å². The van der Waals surface area contributed by atoms with Gasteiger partial charge < -0.3 is 14.5 Å². The number of ether oxygens (including phenoxy) is 1. The number of rotatable bonds is 6. The molecule has 0 bridgehead atoms. The number of thiazole rings is 1. The Labute approximate surface area is 152 Å². The maximum absolute atomic E-state index is 12.2. The first-order chi connectivity index (χ1) is 12.5. The lowest BCUT2D eigenvalue weighted by molar-refractivity contribution is -0.385. The highest BCUT2D eigenvalue weighted by molar-refractivity contribution is 7.09. The van der Waals surface area contributed by atoms with Crippen molar-refractivity contribution in [2.24, 2.45) is 0 Å². The second-order valence-corrected chi connectivity index (χ2v) is 6.41. The van der Waals surface area contributed by atoms with Crippen LogP contribution in [0, 0.1) is 17.0 Å². The highest BCUT2D eigenvalue weighted by Crippen LogP contribution is 2.27. The van der Waals surface area contributed by atoms with Crippen molar-refractivity contribution >= 4 is 22.9 Å². The summed E-state index contributed by atoms with van der Waals surface area (Å²) in [5, 5.41) is 16.6. The number of hydrogen-bond acceptors (Lipinski definition) is 7. The third-order valence-corrected chi connectivity index (χ3v) is 4.37. The lowest BCUT2D eigenvalue weighted by Gasteiger charge is -2.06. The molecule has 0 unspecified atom stereocenters.